The van der Waals surface area contributed by atoms with Crippen LogP contribution in [0.15, 0.2) is 24.3 Å². The minimum absolute atomic E-state index is 0.268. The van der Waals surface area contributed by atoms with Crippen molar-refractivity contribution in [2.45, 2.75) is 27.7 Å². The zero-order valence-corrected chi connectivity index (χ0v) is 17.4. The smallest absolute Gasteiger partial charge is 0.409 e. The van der Waals surface area contributed by atoms with Gasteiger partial charge in [-0.05, 0) is 51.0 Å². The van der Waals surface area contributed by atoms with Gasteiger partial charge >= 0.3 is 6.09 Å². The van der Waals surface area contributed by atoms with E-state index in [0.717, 1.165) is 16.8 Å². The van der Waals surface area contributed by atoms with Gasteiger partial charge in [-0.1, -0.05) is 12.1 Å². The fraction of sp³-hybridized carbons (Fsp3) is 0.429. The molecule has 1 aromatic heterocycles. The number of nitrogens with zero attached hydrogens (tertiary/aromatic N) is 4. The Balaban J connectivity index is 1.72. The number of ether oxygens (including phenoxy) is 1. The predicted octanol–water partition coefficient (Wildman–Crippen LogP) is 2.93. The molecule has 0 aliphatic carbocycles. The Morgan fingerprint density at radius 2 is 1.79 bits per heavy atom. The van der Waals surface area contributed by atoms with Crippen LogP contribution in [0.4, 0.5) is 16.4 Å². The van der Waals surface area contributed by atoms with Gasteiger partial charge in [0, 0.05) is 37.6 Å². The first-order valence-electron chi connectivity index (χ1n) is 9.78. The molecule has 8 heteroatoms. The first-order valence-corrected chi connectivity index (χ1v) is 9.78. The number of rotatable bonds is 4. The molecule has 3 rings (SSSR count). The highest BCUT2D eigenvalue weighted by Crippen LogP contribution is 2.19. The minimum Gasteiger partial charge on any atom is -0.450 e. The Morgan fingerprint density at radius 1 is 1.07 bits per heavy atom. The van der Waals surface area contributed by atoms with Gasteiger partial charge in [0.25, 0.3) is 5.91 Å². The zero-order chi connectivity index (χ0) is 21.0. The topological polar surface area (TPSA) is 87.7 Å². The maximum atomic E-state index is 12.8. The molecule has 1 N–H and O–H groups in total. The van der Waals surface area contributed by atoms with Gasteiger partial charge in [0.2, 0.25) is 5.95 Å². The summed E-state index contributed by atoms with van der Waals surface area (Å²) in [5.41, 5.74) is 3.88. The van der Waals surface area contributed by atoms with Crippen LogP contribution in [0.25, 0.3) is 0 Å². The van der Waals surface area contributed by atoms with E-state index in [1.807, 2.05) is 43.9 Å². The fourth-order valence-corrected chi connectivity index (χ4v) is 3.17. The van der Waals surface area contributed by atoms with E-state index in [1.54, 1.807) is 17.9 Å². The molecule has 0 saturated carbocycles. The average molecular weight is 397 g/mol. The summed E-state index contributed by atoms with van der Waals surface area (Å²) in [5.74, 6) is 0.232. The monoisotopic (exact) mass is 397 g/mol. The van der Waals surface area contributed by atoms with Gasteiger partial charge in [-0.3, -0.25) is 4.79 Å². The Labute approximate surface area is 170 Å². The number of hydrogen-bond acceptors (Lipinski definition) is 6. The summed E-state index contributed by atoms with van der Waals surface area (Å²) < 4.78 is 5.05. The molecule has 0 radical (unpaired) electrons. The normalized spacial score (nSPS) is 13.9. The van der Waals surface area contributed by atoms with Crippen LogP contribution >= 0.6 is 0 Å². The third-order valence-electron chi connectivity index (χ3n) is 4.80. The maximum Gasteiger partial charge on any atom is 0.409 e. The molecule has 8 nitrogen and oxygen atoms in total. The third kappa shape index (κ3) is 5.01. The molecular weight excluding hydrogens is 370 g/mol. The van der Waals surface area contributed by atoms with Crippen molar-refractivity contribution in [1.82, 2.24) is 14.9 Å². The van der Waals surface area contributed by atoms with Crippen LogP contribution in [-0.2, 0) is 4.74 Å². The van der Waals surface area contributed by atoms with Gasteiger partial charge in [0.05, 0.1) is 6.61 Å². The van der Waals surface area contributed by atoms with E-state index >= 15 is 0 Å². The molecule has 154 valence electrons. The lowest BCUT2D eigenvalue weighted by molar-refractivity contribution is 0.102. The van der Waals surface area contributed by atoms with E-state index in [9.17, 15) is 9.59 Å². The number of piperazine rings is 1. The van der Waals surface area contributed by atoms with Crippen molar-refractivity contribution in [3.63, 3.8) is 0 Å². The molecule has 29 heavy (non-hydrogen) atoms. The van der Waals surface area contributed by atoms with Crippen LogP contribution in [-0.4, -0.2) is 59.7 Å². The Hall–Kier alpha value is -3.16. The van der Waals surface area contributed by atoms with Crippen LogP contribution in [0.3, 0.4) is 0 Å². The largest absolute Gasteiger partial charge is 0.450 e. The highest BCUT2D eigenvalue weighted by atomic mass is 16.6. The molecule has 1 saturated heterocycles. The van der Waals surface area contributed by atoms with Crippen LogP contribution in [0.1, 0.15) is 34.2 Å². The molecule has 1 aliphatic rings. The van der Waals surface area contributed by atoms with Crippen molar-refractivity contribution in [3.05, 3.63) is 46.8 Å². The summed E-state index contributed by atoms with van der Waals surface area (Å²) in [6, 6.07) is 7.61. The van der Waals surface area contributed by atoms with Crippen molar-refractivity contribution in [3.8, 4) is 0 Å². The Morgan fingerprint density at radius 3 is 2.48 bits per heavy atom. The molecule has 2 heterocycles. The van der Waals surface area contributed by atoms with Crippen LogP contribution in [0, 0.1) is 20.8 Å². The maximum absolute atomic E-state index is 12.8. The Bertz CT molecular complexity index is 907. The van der Waals surface area contributed by atoms with Crippen molar-refractivity contribution in [2.75, 3.05) is 43.0 Å². The van der Waals surface area contributed by atoms with Crippen molar-refractivity contribution < 1.29 is 14.3 Å². The summed E-state index contributed by atoms with van der Waals surface area (Å²) >= 11 is 0. The quantitative estimate of drug-likeness (QED) is 0.853. The van der Waals surface area contributed by atoms with Crippen LogP contribution in [0.2, 0.25) is 0 Å². The lowest BCUT2D eigenvalue weighted by Gasteiger charge is -2.34. The SMILES string of the molecule is CCOC(=O)N1CCN(c2nc(C)cc(C(=O)Nc3cc(C)ccc3C)n2)CC1. The van der Waals surface area contributed by atoms with E-state index in [2.05, 4.69) is 15.3 Å². The molecule has 2 aromatic rings. The van der Waals surface area contributed by atoms with Gasteiger partial charge in [0.1, 0.15) is 5.69 Å². The first kappa shape index (κ1) is 20.6. The van der Waals surface area contributed by atoms with Crippen molar-refractivity contribution in [2.24, 2.45) is 0 Å². The number of anilines is 2. The first-order chi connectivity index (χ1) is 13.9. The molecule has 0 unspecified atom stereocenters. The average Bonchev–Trinajstić information content (AvgIpc) is 2.70. The van der Waals surface area contributed by atoms with E-state index in [4.69, 9.17) is 4.74 Å². The summed E-state index contributed by atoms with van der Waals surface area (Å²) in [5, 5.41) is 2.94. The van der Waals surface area contributed by atoms with Crippen molar-refractivity contribution >= 4 is 23.6 Å². The fourth-order valence-electron chi connectivity index (χ4n) is 3.17. The Kier molecular flexibility index (Phi) is 6.31. The molecule has 0 bridgehead atoms. The second-order valence-corrected chi connectivity index (χ2v) is 7.14. The molecule has 1 aromatic carbocycles. The lowest BCUT2D eigenvalue weighted by atomic mass is 10.1. The predicted molar refractivity (Wildman–Crippen MR) is 111 cm³/mol. The number of hydrogen-bond donors (Lipinski definition) is 1. The van der Waals surface area contributed by atoms with E-state index in [0.29, 0.717) is 50.1 Å². The van der Waals surface area contributed by atoms with Crippen LogP contribution in [0.5, 0.6) is 0 Å². The van der Waals surface area contributed by atoms with Gasteiger partial charge in [-0.15, -0.1) is 0 Å². The molecule has 0 atom stereocenters. The van der Waals surface area contributed by atoms with E-state index in [-0.39, 0.29) is 12.0 Å². The van der Waals surface area contributed by atoms with Gasteiger partial charge in [0.15, 0.2) is 0 Å². The lowest BCUT2D eigenvalue weighted by Crippen LogP contribution is -2.49. The molecule has 0 spiro atoms. The number of amides is 2. The summed E-state index contributed by atoms with van der Waals surface area (Å²) in [4.78, 5) is 37.3. The second-order valence-electron chi connectivity index (χ2n) is 7.14. The van der Waals surface area contributed by atoms with E-state index < -0.39 is 0 Å². The number of carbonyl (C=O) groups is 2. The second kappa shape index (κ2) is 8.89. The summed E-state index contributed by atoms with van der Waals surface area (Å²) in [6.07, 6.45) is -0.300. The van der Waals surface area contributed by atoms with E-state index in [1.165, 1.54) is 0 Å². The summed E-state index contributed by atoms with van der Waals surface area (Å²) in [7, 11) is 0. The summed E-state index contributed by atoms with van der Waals surface area (Å²) in [6.45, 7) is 10.2. The third-order valence-corrected chi connectivity index (χ3v) is 4.80. The molecule has 1 aliphatic heterocycles. The number of nitrogens with one attached hydrogen (secondary N) is 1. The highest BCUT2D eigenvalue weighted by Gasteiger charge is 2.24. The number of benzene rings is 1. The molecule has 1 fully saturated rings. The standard InChI is InChI=1S/C21H27N5O3/c1-5-29-21(28)26-10-8-25(9-11-26)20-22-16(4)13-18(24-20)19(27)23-17-12-14(2)6-7-15(17)3/h6-7,12-13H,5,8-11H2,1-4H3,(H,23,27). The van der Waals surface area contributed by atoms with Crippen molar-refractivity contribution in [1.29, 1.82) is 0 Å². The van der Waals surface area contributed by atoms with Gasteiger partial charge in [-0.2, -0.15) is 0 Å². The number of aromatic nitrogens is 2. The highest BCUT2D eigenvalue weighted by molar-refractivity contribution is 6.03. The van der Waals surface area contributed by atoms with Crippen LogP contribution < -0.4 is 10.2 Å². The minimum atomic E-state index is -0.300. The zero-order valence-electron chi connectivity index (χ0n) is 17.4. The number of carbonyl (C=O) groups excluding carboxylic acids is 2. The molecular formula is C21H27N5O3. The molecule has 2 amide bonds. The van der Waals surface area contributed by atoms with Gasteiger partial charge in [-0.25, -0.2) is 14.8 Å². The van der Waals surface area contributed by atoms with Gasteiger partial charge < -0.3 is 19.9 Å². The number of aryl methyl sites for hydroxylation is 3.